The summed E-state index contributed by atoms with van der Waals surface area (Å²) in [5.41, 5.74) is 4.67. The fraction of sp³-hybridized carbons (Fsp3) is 0.462. The summed E-state index contributed by atoms with van der Waals surface area (Å²) in [6.45, 7) is 5.08. The van der Waals surface area contributed by atoms with Gasteiger partial charge in [-0.1, -0.05) is 5.16 Å². The van der Waals surface area contributed by atoms with Gasteiger partial charge in [0.1, 0.15) is 24.1 Å². The highest BCUT2D eigenvalue weighted by Gasteiger charge is 2.58. The van der Waals surface area contributed by atoms with Crippen molar-refractivity contribution in [2.45, 2.75) is 44.5 Å². The molecule has 5 rings (SSSR count). The number of nitrogens with zero attached hydrogens (tertiary/aromatic N) is 5. The molecule has 3 atom stereocenters. The van der Waals surface area contributed by atoms with E-state index in [2.05, 4.69) is 29.7 Å². The molecule has 248 valence electrons. The lowest BCUT2D eigenvalue weighted by atomic mass is 9.84. The zero-order valence-corrected chi connectivity index (χ0v) is 26.6. The van der Waals surface area contributed by atoms with Crippen LogP contribution in [0.25, 0.3) is 10.9 Å². The summed E-state index contributed by atoms with van der Waals surface area (Å²) in [4.78, 5) is 47.0. The van der Waals surface area contributed by atoms with Crippen molar-refractivity contribution in [1.82, 2.24) is 25.4 Å². The Balaban J connectivity index is 1.29. The number of aliphatic carboxylic acids is 1. The van der Waals surface area contributed by atoms with Crippen LogP contribution in [-0.4, -0.2) is 93.7 Å². The van der Waals surface area contributed by atoms with E-state index in [0.29, 0.717) is 16.7 Å². The highest BCUT2D eigenvalue weighted by atomic mass is 32.3. The maximum Gasteiger partial charge on any atom is 0.418 e. The summed E-state index contributed by atoms with van der Waals surface area (Å²) < 4.78 is 45.4. The number of hydrogen-bond acceptors (Lipinski definition) is 13. The summed E-state index contributed by atoms with van der Waals surface area (Å²) in [5.74, 6) is -2.51. The molecule has 4 heterocycles. The molecule has 0 radical (unpaired) electrons. The van der Waals surface area contributed by atoms with E-state index in [4.69, 9.17) is 19.9 Å². The number of rotatable bonds is 13. The third-order valence-corrected chi connectivity index (χ3v) is 8.69. The number of carboxylic acids is 1. The van der Waals surface area contributed by atoms with Gasteiger partial charge in [-0.05, 0) is 51.4 Å². The van der Waals surface area contributed by atoms with Crippen LogP contribution in [0.4, 0.5) is 5.13 Å². The van der Waals surface area contributed by atoms with Crippen molar-refractivity contribution >= 4 is 61.3 Å². The number of aryl methyl sites for hydroxylation is 1. The molecule has 3 aromatic rings. The first-order chi connectivity index (χ1) is 21.6. The number of β-lactam (4-membered cyclic amide) rings is 1. The van der Waals surface area contributed by atoms with Gasteiger partial charge in [0.2, 0.25) is 5.52 Å². The van der Waals surface area contributed by atoms with Crippen LogP contribution in [0.2, 0.25) is 0 Å². The number of hydroxylamine groups is 2. The Hall–Kier alpha value is -4.37. The first-order valence-electron chi connectivity index (χ1n) is 14.0. The first kappa shape index (κ1) is 33.0. The van der Waals surface area contributed by atoms with Crippen LogP contribution in [0.3, 0.4) is 0 Å². The number of aromatic nitrogens is 3. The Morgan fingerprint density at radius 3 is 2.74 bits per heavy atom. The molecule has 0 unspecified atom stereocenters. The van der Waals surface area contributed by atoms with E-state index in [1.165, 1.54) is 19.2 Å². The van der Waals surface area contributed by atoms with Gasteiger partial charge in [-0.15, -0.1) is 20.3 Å². The minimum absolute atomic E-state index is 0.0685. The third-order valence-electron chi connectivity index (χ3n) is 7.68. The standard InChI is InChI=1S/C26H32N8O10S2/c1-26(2)21(23(36)34(26)44-46(39,40)41)30-22(35)20(17-13-45-25(27)29-17)31-43-19(24(37)38)12-42-16-4-5-18-15(8-16)11-33(32(18)3)10-14-6-7-28-9-14/h4-5,8,11,13-14,19,21,28H,6-7,9-10,12H2,1-3H3,(H4-,27,29,30,35,37,38,39,40,41)/p+1/b31-20-/t14-,19+,21-/m1/s1. The monoisotopic (exact) mass is 681 g/mol. The highest BCUT2D eigenvalue weighted by Crippen LogP contribution is 2.33. The number of thiazole rings is 1. The van der Waals surface area contributed by atoms with Crippen molar-refractivity contribution in [1.29, 1.82) is 0 Å². The van der Waals surface area contributed by atoms with E-state index >= 15 is 0 Å². The molecule has 0 spiro atoms. The number of amides is 2. The molecule has 18 nitrogen and oxygen atoms in total. The molecule has 0 saturated carbocycles. The van der Waals surface area contributed by atoms with Gasteiger partial charge < -0.3 is 31.0 Å². The van der Waals surface area contributed by atoms with Gasteiger partial charge in [0.25, 0.3) is 17.9 Å². The Labute approximate surface area is 266 Å². The topological polar surface area (TPSA) is 241 Å². The zero-order chi connectivity index (χ0) is 33.4. The smallest absolute Gasteiger partial charge is 0.418 e. The normalized spacial score (nSPS) is 20.4. The Bertz CT molecular complexity index is 1800. The average Bonchev–Trinajstić information content (AvgIpc) is 3.73. The van der Waals surface area contributed by atoms with Crippen LogP contribution < -0.4 is 25.8 Å². The number of ether oxygens (including phenoxy) is 1. The quantitative estimate of drug-likeness (QED) is 0.0489. The number of nitrogen functional groups attached to an aromatic ring is 1. The number of carboxylic acid groups (broad SMARTS) is 1. The SMILES string of the molecule is C[n+]1c2ccc(OC[C@H](O/N=C(\C(=O)N[C@@H]3C(=O)N(OS(=O)(=O)O)C3(C)C)c3csc(N)n3)C(=O)O)cc2cn1C[C@@H]1CCNC1. The molecule has 6 N–H and O–H groups in total. The van der Waals surface area contributed by atoms with Crippen molar-refractivity contribution < 1.29 is 51.0 Å². The average molecular weight is 682 g/mol. The maximum absolute atomic E-state index is 13.2. The number of anilines is 1. The van der Waals surface area contributed by atoms with E-state index in [-0.39, 0.29) is 10.8 Å². The predicted molar refractivity (Wildman–Crippen MR) is 161 cm³/mol. The lowest BCUT2D eigenvalue weighted by Crippen LogP contribution is -2.76. The first-order valence-corrected chi connectivity index (χ1v) is 16.2. The van der Waals surface area contributed by atoms with Gasteiger partial charge in [-0.25, -0.2) is 9.78 Å². The Morgan fingerprint density at radius 2 is 2.13 bits per heavy atom. The number of hydrogen-bond donors (Lipinski definition) is 5. The summed E-state index contributed by atoms with van der Waals surface area (Å²) in [5, 5.41) is 22.0. The van der Waals surface area contributed by atoms with E-state index < -0.39 is 58.2 Å². The number of nitrogens with two attached hydrogens (primary N) is 1. The number of carbonyl (C=O) groups is 3. The van der Waals surface area contributed by atoms with Crippen LogP contribution in [-0.2, 0) is 47.5 Å². The van der Waals surface area contributed by atoms with Crippen LogP contribution >= 0.6 is 11.3 Å². The van der Waals surface area contributed by atoms with Gasteiger partial charge in [-0.3, -0.25) is 14.1 Å². The molecule has 2 amide bonds. The fourth-order valence-electron chi connectivity index (χ4n) is 5.17. The molecule has 46 heavy (non-hydrogen) atoms. The fourth-order valence-corrected chi connectivity index (χ4v) is 6.17. The van der Waals surface area contributed by atoms with E-state index in [0.717, 1.165) is 48.3 Å². The van der Waals surface area contributed by atoms with Gasteiger partial charge in [0, 0.05) is 11.4 Å². The Kier molecular flexibility index (Phi) is 9.18. The number of fused-ring (bicyclic) bond motifs is 1. The van der Waals surface area contributed by atoms with Gasteiger partial charge in [0.15, 0.2) is 17.9 Å². The molecular formula is C26H33N8O10S2+. The van der Waals surface area contributed by atoms with Crippen LogP contribution in [0.15, 0.2) is 34.9 Å². The van der Waals surface area contributed by atoms with Gasteiger partial charge in [0.05, 0.1) is 23.7 Å². The van der Waals surface area contributed by atoms with Crippen LogP contribution in [0, 0.1) is 5.92 Å². The number of oxime groups is 1. The summed E-state index contributed by atoms with van der Waals surface area (Å²) >= 11 is 0.969. The molecule has 0 bridgehead atoms. The molecule has 2 aromatic heterocycles. The number of benzene rings is 1. The lowest BCUT2D eigenvalue weighted by Gasteiger charge is -2.50. The second kappa shape index (κ2) is 12.8. The van der Waals surface area contributed by atoms with Gasteiger partial charge in [-0.2, -0.15) is 18.2 Å². The van der Waals surface area contributed by atoms with Crippen LogP contribution in [0.5, 0.6) is 5.75 Å². The van der Waals surface area contributed by atoms with Gasteiger partial charge >= 0.3 is 16.4 Å². The van der Waals surface area contributed by atoms with Crippen molar-refractivity contribution in [2.24, 2.45) is 18.1 Å². The van der Waals surface area contributed by atoms with E-state index in [1.54, 1.807) is 12.1 Å². The van der Waals surface area contributed by atoms with Crippen molar-refractivity contribution in [3.8, 4) is 5.75 Å². The minimum atomic E-state index is -5.01. The molecule has 2 aliphatic heterocycles. The van der Waals surface area contributed by atoms with Crippen LogP contribution in [0.1, 0.15) is 26.0 Å². The molecule has 2 saturated heterocycles. The Morgan fingerprint density at radius 1 is 1.37 bits per heavy atom. The largest absolute Gasteiger partial charge is 0.489 e. The minimum Gasteiger partial charge on any atom is -0.489 e. The lowest BCUT2D eigenvalue weighted by molar-refractivity contribution is -0.731. The predicted octanol–water partition coefficient (Wildman–Crippen LogP) is -0.793. The van der Waals surface area contributed by atoms with E-state index in [1.807, 2.05) is 24.0 Å². The third kappa shape index (κ3) is 7.04. The highest BCUT2D eigenvalue weighted by molar-refractivity contribution is 7.80. The summed E-state index contributed by atoms with van der Waals surface area (Å²) in [7, 11) is -3.05. The molecule has 20 heteroatoms. The summed E-state index contributed by atoms with van der Waals surface area (Å²) in [6, 6.07) is 4.03. The second-order valence-electron chi connectivity index (χ2n) is 11.3. The molecule has 1 aromatic carbocycles. The maximum atomic E-state index is 13.2. The molecule has 2 fully saturated rings. The number of nitrogens with one attached hydrogen (secondary N) is 2. The molecule has 2 aliphatic rings. The van der Waals surface area contributed by atoms with Crippen molar-refractivity contribution in [3.63, 3.8) is 0 Å². The molecular weight excluding hydrogens is 648 g/mol. The van der Waals surface area contributed by atoms with Crippen molar-refractivity contribution in [2.75, 3.05) is 25.4 Å². The van der Waals surface area contributed by atoms with E-state index in [9.17, 15) is 27.9 Å². The molecule has 0 aliphatic carbocycles. The van der Waals surface area contributed by atoms with Crippen molar-refractivity contribution in [3.05, 3.63) is 35.5 Å². The zero-order valence-electron chi connectivity index (χ0n) is 24.9. The second-order valence-corrected chi connectivity index (χ2v) is 13.2. The number of carbonyl (C=O) groups excluding carboxylic acids is 2. The summed E-state index contributed by atoms with van der Waals surface area (Å²) in [6.07, 6.45) is 1.44.